The number of hydrogen-bond donors (Lipinski definition) is 1. The highest BCUT2D eigenvalue weighted by Gasteiger charge is 2.14. The summed E-state index contributed by atoms with van der Waals surface area (Å²) in [6.07, 6.45) is 3.42. The summed E-state index contributed by atoms with van der Waals surface area (Å²) in [5, 5.41) is 11.7. The normalized spacial score (nSPS) is 12.5. The first-order chi connectivity index (χ1) is 10.8. The average molecular weight is 308 g/mol. The Labute approximate surface area is 134 Å². The number of nitrogens with zero attached hydrogens (tertiary/aromatic N) is 1. The molecule has 1 aliphatic rings. The lowest BCUT2D eigenvalue weighted by Gasteiger charge is -2.10. The van der Waals surface area contributed by atoms with E-state index in [1.807, 2.05) is 24.3 Å². The molecule has 2 aromatic rings. The Hall–Kier alpha value is -2.25. The smallest absolute Gasteiger partial charge is 0.256 e. The van der Waals surface area contributed by atoms with Crippen LogP contribution in [0.2, 0.25) is 0 Å². The molecule has 0 atom stereocenters. The van der Waals surface area contributed by atoms with Crippen LogP contribution in [0.15, 0.2) is 47.4 Å². The van der Waals surface area contributed by atoms with Crippen LogP contribution in [0.4, 0.5) is 5.69 Å². The van der Waals surface area contributed by atoms with Crippen molar-refractivity contribution in [1.82, 2.24) is 0 Å². The Bertz CT molecular complexity index is 749. The minimum absolute atomic E-state index is 0.126. The Morgan fingerprint density at radius 1 is 1.18 bits per heavy atom. The van der Waals surface area contributed by atoms with Gasteiger partial charge in [0, 0.05) is 10.6 Å². The first-order valence-corrected chi connectivity index (χ1v) is 8.28. The largest absolute Gasteiger partial charge is 0.322 e. The van der Waals surface area contributed by atoms with Gasteiger partial charge in [0.15, 0.2) is 0 Å². The average Bonchev–Trinajstić information content (AvgIpc) is 3.00. The summed E-state index contributed by atoms with van der Waals surface area (Å²) < 4.78 is 0. The SMILES string of the molecule is N#CCSc1ccccc1C(=O)Nc1ccc2c(c1)CCC2. The molecule has 4 heteroatoms. The lowest BCUT2D eigenvalue weighted by Crippen LogP contribution is -2.13. The summed E-state index contributed by atoms with van der Waals surface area (Å²) in [5.41, 5.74) is 4.18. The summed E-state index contributed by atoms with van der Waals surface area (Å²) in [4.78, 5) is 13.3. The van der Waals surface area contributed by atoms with Crippen LogP contribution in [0.1, 0.15) is 27.9 Å². The Balaban J connectivity index is 1.79. The van der Waals surface area contributed by atoms with Crippen LogP contribution in [0.25, 0.3) is 0 Å². The van der Waals surface area contributed by atoms with E-state index in [4.69, 9.17) is 5.26 Å². The van der Waals surface area contributed by atoms with Crippen LogP contribution in [0.5, 0.6) is 0 Å². The molecule has 0 aliphatic heterocycles. The van der Waals surface area contributed by atoms with Crippen molar-refractivity contribution in [3.8, 4) is 6.07 Å². The number of hydrogen-bond acceptors (Lipinski definition) is 3. The van der Waals surface area contributed by atoms with Gasteiger partial charge in [-0.2, -0.15) is 5.26 Å². The van der Waals surface area contributed by atoms with E-state index in [-0.39, 0.29) is 5.91 Å². The van der Waals surface area contributed by atoms with Crippen LogP contribution >= 0.6 is 11.8 Å². The third-order valence-electron chi connectivity index (χ3n) is 3.78. The summed E-state index contributed by atoms with van der Waals surface area (Å²) in [7, 11) is 0. The number of fused-ring (bicyclic) bond motifs is 1. The van der Waals surface area contributed by atoms with Crippen molar-refractivity contribution in [1.29, 1.82) is 5.26 Å². The molecule has 0 spiro atoms. The van der Waals surface area contributed by atoms with Gasteiger partial charge < -0.3 is 5.32 Å². The number of amides is 1. The number of nitrogens with one attached hydrogen (secondary N) is 1. The van der Waals surface area contributed by atoms with Crippen LogP contribution < -0.4 is 5.32 Å². The van der Waals surface area contributed by atoms with Gasteiger partial charge in [-0.15, -0.1) is 11.8 Å². The number of carbonyl (C=O) groups is 1. The van der Waals surface area contributed by atoms with Gasteiger partial charge in [0.2, 0.25) is 0 Å². The second-order valence-corrected chi connectivity index (χ2v) is 6.25. The van der Waals surface area contributed by atoms with Crippen molar-refractivity contribution in [2.75, 3.05) is 11.1 Å². The number of anilines is 1. The maximum Gasteiger partial charge on any atom is 0.256 e. The number of carbonyl (C=O) groups excluding carboxylic acids is 1. The van der Waals surface area contributed by atoms with Gasteiger partial charge in [0.25, 0.3) is 5.91 Å². The van der Waals surface area contributed by atoms with Crippen molar-refractivity contribution in [3.05, 3.63) is 59.2 Å². The Morgan fingerprint density at radius 3 is 2.86 bits per heavy atom. The quantitative estimate of drug-likeness (QED) is 0.867. The van der Waals surface area contributed by atoms with Gasteiger partial charge >= 0.3 is 0 Å². The molecule has 1 N–H and O–H groups in total. The molecule has 0 saturated heterocycles. The van der Waals surface area contributed by atoms with Gasteiger partial charge in [-0.1, -0.05) is 18.2 Å². The molecule has 3 nitrogen and oxygen atoms in total. The third-order valence-corrected chi connectivity index (χ3v) is 4.72. The van der Waals surface area contributed by atoms with Crippen molar-refractivity contribution >= 4 is 23.4 Å². The first-order valence-electron chi connectivity index (χ1n) is 7.30. The van der Waals surface area contributed by atoms with E-state index in [0.29, 0.717) is 11.3 Å². The van der Waals surface area contributed by atoms with Crippen LogP contribution in [0, 0.1) is 11.3 Å². The van der Waals surface area contributed by atoms with Crippen LogP contribution in [0.3, 0.4) is 0 Å². The molecule has 0 heterocycles. The predicted octanol–water partition coefficient (Wildman–Crippen LogP) is 4.04. The summed E-state index contributed by atoms with van der Waals surface area (Å²) >= 11 is 1.38. The first kappa shape index (κ1) is 14.7. The molecule has 1 aliphatic carbocycles. The zero-order chi connectivity index (χ0) is 15.4. The molecule has 0 fully saturated rings. The molecule has 0 aromatic heterocycles. The highest BCUT2D eigenvalue weighted by molar-refractivity contribution is 7.99. The fourth-order valence-electron chi connectivity index (χ4n) is 2.74. The minimum atomic E-state index is -0.126. The molecule has 0 bridgehead atoms. The van der Waals surface area contributed by atoms with Crippen molar-refractivity contribution in [2.45, 2.75) is 24.2 Å². The van der Waals surface area contributed by atoms with Crippen molar-refractivity contribution < 1.29 is 4.79 Å². The molecule has 110 valence electrons. The zero-order valence-corrected chi connectivity index (χ0v) is 13.0. The van der Waals surface area contributed by atoms with E-state index in [1.165, 1.54) is 29.3 Å². The van der Waals surface area contributed by atoms with Gasteiger partial charge in [0.1, 0.15) is 0 Å². The highest BCUT2D eigenvalue weighted by Crippen LogP contribution is 2.26. The minimum Gasteiger partial charge on any atom is -0.322 e. The number of aryl methyl sites for hydroxylation is 2. The highest BCUT2D eigenvalue weighted by atomic mass is 32.2. The van der Waals surface area contributed by atoms with Crippen LogP contribution in [-0.2, 0) is 12.8 Å². The maximum absolute atomic E-state index is 12.5. The van der Waals surface area contributed by atoms with Gasteiger partial charge in [-0.25, -0.2) is 0 Å². The molecule has 1 amide bonds. The summed E-state index contributed by atoms with van der Waals surface area (Å²) in [6, 6.07) is 15.6. The fourth-order valence-corrected chi connectivity index (χ4v) is 3.45. The third kappa shape index (κ3) is 3.15. The van der Waals surface area contributed by atoms with E-state index in [2.05, 4.69) is 23.5 Å². The molecular formula is C18H16N2OS. The van der Waals surface area contributed by atoms with Crippen molar-refractivity contribution in [2.24, 2.45) is 0 Å². The second kappa shape index (κ2) is 6.67. The van der Waals surface area contributed by atoms with Gasteiger partial charge in [-0.05, 0) is 54.7 Å². The lowest BCUT2D eigenvalue weighted by atomic mass is 10.1. The van der Waals surface area contributed by atoms with Gasteiger partial charge in [-0.3, -0.25) is 4.79 Å². The van der Waals surface area contributed by atoms with Crippen molar-refractivity contribution in [3.63, 3.8) is 0 Å². The molecule has 22 heavy (non-hydrogen) atoms. The molecule has 2 aromatic carbocycles. The van der Waals surface area contributed by atoms with Gasteiger partial charge in [0.05, 0.1) is 17.4 Å². The summed E-state index contributed by atoms with van der Waals surface area (Å²) in [6.45, 7) is 0. The Kier molecular flexibility index (Phi) is 4.45. The zero-order valence-electron chi connectivity index (χ0n) is 12.1. The van der Waals surface area contributed by atoms with Crippen LogP contribution in [-0.4, -0.2) is 11.7 Å². The number of thioether (sulfide) groups is 1. The topological polar surface area (TPSA) is 52.9 Å². The molecule has 0 saturated carbocycles. The number of nitriles is 1. The van der Waals surface area contributed by atoms with E-state index in [9.17, 15) is 4.79 Å². The maximum atomic E-state index is 12.5. The monoisotopic (exact) mass is 308 g/mol. The van der Waals surface area contributed by atoms with E-state index in [1.54, 1.807) is 6.07 Å². The fraction of sp³-hybridized carbons (Fsp3) is 0.222. The predicted molar refractivity (Wildman–Crippen MR) is 89.2 cm³/mol. The number of benzene rings is 2. The van der Waals surface area contributed by atoms with E-state index < -0.39 is 0 Å². The lowest BCUT2D eigenvalue weighted by molar-refractivity contribution is 0.102. The molecule has 3 rings (SSSR count). The Morgan fingerprint density at radius 2 is 2.00 bits per heavy atom. The van der Waals surface area contributed by atoms with E-state index >= 15 is 0 Å². The second-order valence-electron chi connectivity index (χ2n) is 5.23. The molecular weight excluding hydrogens is 292 g/mol. The molecule has 0 radical (unpaired) electrons. The van der Waals surface area contributed by atoms with E-state index in [0.717, 1.165) is 23.4 Å². The summed E-state index contributed by atoms with van der Waals surface area (Å²) in [5.74, 6) is 0.211. The number of rotatable bonds is 4. The molecule has 0 unspecified atom stereocenters. The standard InChI is InChI=1S/C18H16N2OS/c19-10-11-22-17-7-2-1-6-16(17)18(21)20-15-9-8-13-4-3-5-14(13)12-15/h1-2,6-9,12H,3-5,11H2,(H,20,21).